The van der Waals surface area contributed by atoms with Crippen molar-refractivity contribution in [3.8, 4) is 0 Å². The van der Waals surface area contributed by atoms with Crippen molar-refractivity contribution in [3.63, 3.8) is 0 Å². The van der Waals surface area contributed by atoms with E-state index in [-0.39, 0.29) is 11.1 Å². The van der Waals surface area contributed by atoms with Gasteiger partial charge in [0.15, 0.2) is 0 Å². The molecule has 0 bridgehead atoms. The molecule has 0 aromatic rings. The molecule has 1 aliphatic rings. The van der Waals surface area contributed by atoms with Crippen LogP contribution in [-0.4, -0.2) is 44.4 Å². The molecule has 132 valence electrons. The van der Waals surface area contributed by atoms with Gasteiger partial charge in [-0.15, -0.1) is 0 Å². The van der Waals surface area contributed by atoms with E-state index in [1.165, 1.54) is 19.3 Å². The summed E-state index contributed by atoms with van der Waals surface area (Å²) in [5, 5.41) is 2.49. The summed E-state index contributed by atoms with van der Waals surface area (Å²) in [6, 6.07) is 1.05. The second kappa shape index (κ2) is 8.24. The lowest BCUT2D eigenvalue weighted by Gasteiger charge is -2.52. The van der Waals surface area contributed by atoms with Gasteiger partial charge in [-0.05, 0) is 79.8 Å². The molecular formula is C17H38N2O2Si. The molecule has 0 amide bonds. The molecule has 0 unspecified atom stereocenters. The molecule has 1 fully saturated rings. The van der Waals surface area contributed by atoms with E-state index in [1.54, 1.807) is 0 Å². The van der Waals surface area contributed by atoms with Crippen LogP contribution in [0.3, 0.4) is 0 Å². The summed E-state index contributed by atoms with van der Waals surface area (Å²) in [6.07, 6.45) is 4.94. The Labute approximate surface area is 139 Å². The predicted octanol–water partition coefficient (Wildman–Crippen LogP) is 4.07. The highest BCUT2D eigenvalue weighted by Crippen LogP contribution is 2.36. The average molecular weight is 331 g/mol. The largest absolute Gasteiger partial charge is 0.395 e. The van der Waals surface area contributed by atoms with Gasteiger partial charge in [0.1, 0.15) is 0 Å². The molecule has 1 N–H and O–H groups in total. The molecule has 5 heteroatoms. The van der Waals surface area contributed by atoms with Crippen molar-refractivity contribution in [2.24, 2.45) is 0 Å². The first-order valence-electron chi connectivity index (χ1n) is 8.98. The molecule has 0 aliphatic carbocycles. The van der Waals surface area contributed by atoms with Gasteiger partial charge in [-0.3, -0.25) is 5.43 Å². The monoisotopic (exact) mass is 330 g/mol. The van der Waals surface area contributed by atoms with Gasteiger partial charge in [0.2, 0.25) is 0 Å². The maximum atomic E-state index is 5.92. The zero-order valence-electron chi connectivity index (χ0n) is 15.9. The molecule has 0 atom stereocenters. The third kappa shape index (κ3) is 5.60. The topological polar surface area (TPSA) is 33.7 Å². The second-order valence-electron chi connectivity index (χ2n) is 7.83. The molecular weight excluding hydrogens is 292 g/mol. The minimum atomic E-state index is -1.97. The Morgan fingerprint density at radius 1 is 1.00 bits per heavy atom. The third-order valence-electron chi connectivity index (χ3n) is 4.76. The van der Waals surface area contributed by atoms with Crippen molar-refractivity contribution in [2.75, 3.05) is 19.8 Å². The zero-order valence-corrected chi connectivity index (χ0v) is 16.9. The molecule has 1 aliphatic heterocycles. The Hall–Kier alpha value is 0.0569. The molecule has 0 aromatic heterocycles. The summed E-state index contributed by atoms with van der Waals surface area (Å²) < 4.78 is 11.8. The number of nitrogens with zero attached hydrogens (tertiary/aromatic N) is 1. The Bertz CT molecular complexity index is 313. The zero-order chi connectivity index (χ0) is 16.9. The highest BCUT2D eigenvalue weighted by Gasteiger charge is 2.41. The van der Waals surface area contributed by atoms with Crippen molar-refractivity contribution in [1.29, 1.82) is 0 Å². The maximum absolute atomic E-state index is 5.92. The fraction of sp³-hybridized carbons (Fsp3) is 1.00. The van der Waals surface area contributed by atoms with E-state index >= 15 is 0 Å². The molecule has 1 saturated heterocycles. The lowest BCUT2D eigenvalue weighted by atomic mass is 9.81. The van der Waals surface area contributed by atoms with Gasteiger partial charge in [-0.2, -0.15) is 0 Å². The first-order chi connectivity index (χ1) is 10.2. The van der Waals surface area contributed by atoms with Gasteiger partial charge in [0, 0.05) is 30.8 Å². The quantitative estimate of drug-likeness (QED) is 0.510. The number of hydrogen-bond donors (Lipinski definition) is 1. The third-order valence-corrected chi connectivity index (χ3v) is 7.83. The summed E-state index contributed by atoms with van der Waals surface area (Å²) in [6.45, 7) is 18.2. The van der Waals surface area contributed by atoms with Crippen LogP contribution in [0.2, 0.25) is 12.6 Å². The number of piperidine rings is 1. The Morgan fingerprint density at radius 3 is 1.95 bits per heavy atom. The van der Waals surface area contributed by atoms with Crippen LogP contribution in [0, 0.1) is 0 Å². The second-order valence-corrected chi connectivity index (χ2v) is 11.2. The summed E-state index contributed by atoms with van der Waals surface area (Å²) in [5.74, 6) is 0. The predicted molar refractivity (Wildman–Crippen MR) is 96.1 cm³/mol. The van der Waals surface area contributed by atoms with E-state index in [0.29, 0.717) is 0 Å². The average Bonchev–Trinajstić information content (AvgIpc) is 2.36. The lowest BCUT2D eigenvalue weighted by Crippen LogP contribution is -2.64. The van der Waals surface area contributed by atoms with Gasteiger partial charge in [-0.1, -0.05) is 0 Å². The van der Waals surface area contributed by atoms with E-state index < -0.39 is 8.56 Å². The normalized spacial score (nSPS) is 22.0. The summed E-state index contributed by atoms with van der Waals surface area (Å²) in [4.78, 5) is 0. The van der Waals surface area contributed by atoms with Crippen molar-refractivity contribution in [2.45, 2.75) is 90.9 Å². The van der Waals surface area contributed by atoms with Crippen molar-refractivity contribution in [1.82, 2.24) is 10.4 Å². The first-order valence-corrected chi connectivity index (χ1v) is 11.5. The van der Waals surface area contributed by atoms with Crippen LogP contribution in [0.25, 0.3) is 0 Å². The van der Waals surface area contributed by atoms with E-state index in [1.807, 2.05) is 0 Å². The van der Waals surface area contributed by atoms with Gasteiger partial charge in [0.25, 0.3) is 0 Å². The minimum absolute atomic E-state index is 0.225. The van der Waals surface area contributed by atoms with Crippen LogP contribution >= 0.6 is 0 Å². The lowest BCUT2D eigenvalue weighted by molar-refractivity contribution is -0.0698. The highest BCUT2D eigenvalue weighted by atomic mass is 28.4. The number of rotatable bonds is 9. The van der Waals surface area contributed by atoms with Gasteiger partial charge >= 0.3 is 8.56 Å². The molecule has 1 heterocycles. The molecule has 0 radical (unpaired) electrons. The summed E-state index contributed by atoms with van der Waals surface area (Å²) in [7, 11) is -1.97. The van der Waals surface area contributed by atoms with Crippen LogP contribution < -0.4 is 5.43 Å². The smallest absolute Gasteiger partial charge is 0.334 e. The number of nitrogens with one attached hydrogen (secondary N) is 1. The molecule has 0 spiro atoms. The summed E-state index contributed by atoms with van der Waals surface area (Å²) >= 11 is 0. The first kappa shape index (κ1) is 20.1. The molecule has 1 rings (SSSR count). The van der Waals surface area contributed by atoms with E-state index in [2.05, 4.69) is 58.5 Å². The van der Waals surface area contributed by atoms with Crippen LogP contribution in [0.15, 0.2) is 0 Å². The molecule has 22 heavy (non-hydrogen) atoms. The fourth-order valence-electron chi connectivity index (χ4n) is 3.82. The SMILES string of the molecule is CCO[Si](C)(CCCNN1C(C)(C)CCCC1(C)C)OCC. The van der Waals surface area contributed by atoms with Crippen LogP contribution in [0.1, 0.15) is 67.2 Å². The van der Waals surface area contributed by atoms with Gasteiger partial charge < -0.3 is 8.85 Å². The van der Waals surface area contributed by atoms with Crippen LogP contribution in [0.5, 0.6) is 0 Å². The summed E-state index contributed by atoms with van der Waals surface area (Å²) in [5.41, 5.74) is 4.15. The van der Waals surface area contributed by atoms with Crippen molar-refractivity contribution in [3.05, 3.63) is 0 Å². The maximum Gasteiger partial charge on any atom is 0.334 e. The molecule has 0 aromatic carbocycles. The molecule has 4 nitrogen and oxygen atoms in total. The van der Waals surface area contributed by atoms with Gasteiger partial charge in [-0.25, -0.2) is 5.01 Å². The fourth-order valence-corrected chi connectivity index (χ4v) is 6.23. The van der Waals surface area contributed by atoms with Crippen LogP contribution in [-0.2, 0) is 8.85 Å². The van der Waals surface area contributed by atoms with Crippen molar-refractivity contribution >= 4 is 8.56 Å². The number of hydrogen-bond acceptors (Lipinski definition) is 4. The van der Waals surface area contributed by atoms with Gasteiger partial charge in [0.05, 0.1) is 0 Å². The Morgan fingerprint density at radius 2 is 1.50 bits per heavy atom. The van der Waals surface area contributed by atoms with E-state index in [4.69, 9.17) is 8.85 Å². The number of hydrazine groups is 1. The van der Waals surface area contributed by atoms with E-state index in [0.717, 1.165) is 32.2 Å². The van der Waals surface area contributed by atoms with Crippen LogP contribution in [0.4, 0.5) is 0 Å². The van der Waals surface area contributed by atoms with Crippen molar-refractivity contribution < 1.29 is 8.85 Å². The van der Waals surface area contributed by atoms with E-state index in [9.17, 15) is 0 Å². The highest BCUT2D eigenvalue weighted by molar-refractivity contribution is 6.66. The standard InChI is InChI=1S/C17H38N2O2Si/c1-8-20-22(7,21-9-2)15-11-14-18-19-16(3,4)12-10-13-17(19,5)6/h18H,8-15H2,1-7H3. The molecule has 0 saturated carbocycles. The Balaban J connectivity index is 2.48. The Kier molecular flexibility index (Phi) is 7.53. The minimum Gasteiger partial charge on any atom is -0.395 e.